The number of benzene rings is 1. The minimum absolute atomic E-state index is 0.0255. The van der Waals surface area contributed by atoms with Crippen molar-refractivity contribution in [2.24, 2.45) is 0 Å². The number of anilines is 1. The number of nitrogens with zero attached hydrogens (tertiary/aromatic N) is 5. The Bertz CT molecular complexity index is 1010. The van der Waals surface area contributed by atoms with E-state index in [1.54, 1.807) is 25.2 Å². The van der Waals surface area contributed by atoms with Crippen molar-refractivity contribution in [3.05, 3.63) is 43.0 Å². The number of carbonyl (C=O) groups excluding carboxylic acids is 2. The fraction of sp³-hybridized carbons (Fsp3) is 0.440. The van der Waals surface area contributed by atoms with Crippen molar-refractivity contribution in [3.63, 3.8) is 0 Å². The molecular formula is C25H34N6O4. The summed E-state index contributed by atoms with van der Waals surface area (Å²) in [6.07, 6.45) is 2.42. The largest absolute Gasteiger partial charge is 0.493 e. The third-order valence-electron chi connectivity index (χ3n) is 5.79. The van der Waals surface area contributed by atoms with Crippen LogP contribution >= 0.6 is 0 Å². The molecule has 1 aromatic heterocycles. The molecule has 1 N–H and O–H groups in total. The highest BCUT2D eigenvalue weighted by Crippen LogP contribution is 2.31. The standard InChI is InChI=1S/C25H34N6O4/c1-5-12-31(25(33)26-6-2)18-24(32)30-14-7-13-29(15-16-30)23-11-9-20(27-28-23)19-8-10-21(34-3)22(17-19)35-4/h5,8-11,17H,1,6-7,12-16,18H2,2-4H3,(H,26,33). The van der Waals surface area contributed by atoms with Crippen molar-refractivity contribution in [2.45, 2.75) is 13.3 Å². The van der Waals surface area contributed by atoms with Crippen molar-refractivity contribution in [3.8, 4) is 22.8 Å². The lowest BCUT2D eigenvalue weighted by atomic mass is 10.1. The van der Waals surface area contributed by atoms with Gasteiger partial charge >= 0.3 is 6.03 Å². The average molecular weight is 483 g/mol. The van der Waals surface area contributed by atoms with Gasteiger partial charge in [0.15, 0.2) is 17.3 Å². The van der Waals surface area contributed by atoms with Crippen LogP contribution in [0.5, 0.6) is 11.5 Å². The minimum Gasteiger partial charge on any atom is -0.493 e. The van der Waals surface area contributed by atoms with E-state index in [4.69, 9.17) is 9.47 Å². The molecule has 1 aliphatic heterocycles. The molecule has 0 radical (unpaired) electrons. The molecule has 10 nitrogen and oxygen atoms in total. The lowest BCUT2D eigenvalue weighted by Gasteiger charge is -2.26. The number of hydrogen-bond donors (Lipinski definition) is 1. The van der Waals surface area contributed by atoms with Gasteiger partial charge in [-0.05, 0) is 43.7 Å². The highest BCUT2D eigenvalue weighted by molar-refractivity contribution is 5.84. The number of hydrogen-bond acceptors (Lipinski definition) is 7. The van der Waals surface area contributed by atoms with E-state index in [0.29, 0.717) is 44.2 Å². The fourth-order valence-electron chi connectivity index (χ4n) is 3.94. The van der Waals surface area contributed by atoms with Gasteiger partial charge in [0.05, 0.1) is 19.9 Å². The van der Waals surface area contributed by atoms with Crippen LogP contribution in [0, 0.1) is 0 Å². The number of methoxy groups -OCH3 is 2. The topological polar surface area (TPSA) is 100 Å². The molecule has 35 heavy (non-hydrogen) atoms. The maximum atomic E-state index is 12.9. The van der Waals surface area contributed by atoms with Crippen molar-refractivity contribution in [2.75, 3.05) is 64.9 Å². The molecule has 3 rings (SSSR count). The zero-order valence-electron chi connectivity index (χ0n) is 20.7. The predicted molar refractivity (Wildman–Crippen MR) is 135 cm³/mol. The molecule has 0 aliphatic carbocycles. The summed E-state index contributed by atoms with van der Waals surface area (Å²) >= 11 is 0. The summed E-state index contributed by atoms with van der Waals surface area (Å²) in [7, 11) is 3.20. The van der Waals surface area contributed by atoms with E-state index < -0.39 is 0 Å². The monoisotopic (exact) mass is 482 g/mol. The Morgan fingerprint density at radius 3 is 2.54 bits per heavy atom. The van der Waals surface area contributed by atoms with Crippen LogP contribution in [-0.4, -0.2) is 92.0 Å². The second kappa shape index (κ2) is 12.6. The van der Waals surface area contributed by atoms with Crippen molar-refractivity contribution < 1.29 is 19.1 Å². The molecule has 1 aromatic carbocycles. The molecule has 0 saturated carbocycles. The molecule has 2 aromatic rings. The first kappa shape index (κ1) is 25.8. The molecule has 3 amide bonds. The zero-order valence-corrected chi connectivity index (χ0v) is 20.7. The van der Waals surface area contributed by atoms with Gasteiger partial charge in [-0.2, -0.15) is 0 Å². The van der Waals surface area contributed by atoms with Gasteiger partial charge in [-0.3, -0.25) is 4.79 Å². The number of nitrogens with one attached hydrogen (secondary N) is 1. The first-order valence-corrected chi connectivity index (χ1v) is 11.7. The summed E-state index contributed by atoms with van der Waals surface area (Å²) in [4.78, 5) is 30.5. The van der Waals surface area contributed by atoms with Crippen LogP contribution < -0.4 is 19.7 Å². The van der Waals surface area contributed by atoms with E-state index in [2.05, 4.69) is 27.0 Å². The number of aromatic nitrogens is 2. The first-order chi connectivity index (χ1) is 17.0. The van der Waals surface area contributed by atoms with E-state index in [1.807, 2.05) is 37.3 Å². The van der Waals surface area contributed by atoms with Crippen LogP contribution in [0.4, 0.5) is 10.6 Å². The lowest BCUT2D eigenvalue weighted by Crippen LogP contribution is -2.47. The molecule has 0 atom stereocenters. The van der Waals surface area contributed by atoms with Crippen LogP contribution in [0.3, 0.4) is 0 Å². The van der Waals surface area contributed by atoms with E-state index in [9.17, 15) is 9.59 Å². The normalized spacial score (nSPS) is 13.6. The van der Waals surface area contributed by atoms with Gasteiger partial charge in [0.25, 0.3) is 0 Å². The number of urea groups is 1. The Morgan fingerprint density at radius 1 is 1.09 bits per heavy atom. The zero-order chi connectivity index (χ0) is 25.2. The van der Waals surface area contributed by atoms with Gasteiger partial charge in [-0.25, -0.2) is 4.79 Å². The third-order valence-corrected chi connectivity index (χ3v) is 5.79. The summed E-state index contributed by atoms with van der Waals surface area (Å²) in [6.45, 7) is 8.96. The minimum atomic E-state index is -0.262. The van der Waals surface area contributed by atoms with Crippen LogP contribution in [0.15, 0.2) is 43.0 Å². The Labute approximate surface area is 206 Å². The van der Waals surface area contributed by atoms with Crippen molar-refractivity contribution in [1.29, 1.82) is 0 Å². The van der Waals surface area contributed by atoms with E-state index in [0.717, 1.165) is 30.0 Å². The summed E-state index contributed by atoms with van der Waals surface area (Å²) in [6, 6.07) is 9.23. The van der Waals surface area contributed by atoms with Crippen LogP contribution in [0.25, 0.3) is 11.3 Å². The van der Waals surface area contributed by atoms with Crippen LogP contribution in [-0.2, 0) is 4.79 Å². The van der Waals surface area contributed by atoms with Crippen molar-refractivity contribution >= 4 is 17.8 Å². The maximum absolute atomic E-state index is 12.9. The molecule has 0 unspecified atom stereocenters. The van der Waals surface area contributed by atoms with E-state index in [1.165, 1.54) is 4.90 Å². The summed E-state index contributed by atoms with van der Waals surface area (Å²) < 4.78 is 10.7. The number of amides is 3. The quantitative estimate of drug-likeness (QED) is 0.548. The van der Waals surface area contributed by atoms with Crippen LogP contribution in [0.1, 0.15) is 13.3 Å². The van der Waals surface area contributed by atoms with Gasteiger partial charge in [0.1, 0.15) is 6.54 Å². The third kappa shape index (κ3) is 6.62. The number of ether oxygens (including phenoxy) is 2. The predicted octanol–water partition coefficient (Wildman–Crippen LogP) is 2.42. The van der Waals surface area contributed by atoms with Gasteiger partial charge in [-0.15, -0.1) is 16.8 Å². The molecule has 2 heterocycles. The summed E-state index contributed by atoms with van der Waals surface area (Å²) in [5.74, 6) is 1.98. The van der Waals surface area contributed by atoms with Gasteiger partial charge < -0.3 is 29.5 Å². The number of carbonyl (C=O) groups is 2. The fourth-order valence-corrected chi connectivity index (χ4v) is 3.94. The van der Waals surface area contributed by atoms with Gasteiger partial charge in [-0.1, -0.05) is 6.08 Å². The molecule has 0 spiro atoms. The Hall–Kier alpha value is -3.82. The molecular weight excluding hydrogens is 448 g/mol. The molecule has 188 valence electrons. The smallest absolute Gasteiger partial charge is 0.318 e. The lowest BCUT2D eigenvalue weighted by molar-refractivity contribution is -0.131. The highest BCUT2D eigenvalue weighted by Gasteiger charge is 2.23. The first-order valence-electron chi connectivity index (χ1n) is 11.7. The summed E-state index contributed by atoms with van der Waals surface area (Å²) in [5.41, 5.74) is 1.61. The Morgan fingerprint density at radius 2 is 1.89 bits per heavy atom. The highest BCUT2D eigenvalue weighted by atomic mass is 16.5. The maximum Gasteiger partial charge on any atom is 0.318 e. The Kier molecular flexibility index (Phi) is 9.28. The van der Waals surface area contributed by atoms with E-state index >= 15 is 0 Å². The average Bonchev–Trinajstić information content (AvgIpc) is 3.15. The molecule has 1 aliphatic rings. The van der Waals surface area contributed by atoms with Crippen LogP contribution in [0.2, 0.25) is 0 Å². The molecule has 1 fully saturated rings. The molecule has 10 heteroatoms. The van der Waals surface area contributed by atoms with Gasteiger partial charge in [0, 0.05) is 44.8 Å². The molecule has 0 bridgehead atoms. The second-order valence-corrected chi connectivity index (χ2v) is 8.07. The second-order valence-electron chi connectivity index (χ2n) is 8.07. The Balaban J connectivity index is 1.62. The molecule has 1 saturated heterocycles. The van der Waals surface area contributed by atoms with E-state index in [-0.39, 0.29) is 18.5 Å². The number of rotatable bonds is 9. The summed E-state index contributed by atoms with van der Waals surface area (Å²) in [5, 5.41) is 11.6. The van der Waals surface area contributed by atoms with Gasteiger partial charge in [0.2, 0.25) is 5.91 Å². The van der Waals surface area contributed by atoms with Crippen molar-refractivity contribution in [1.82, 2.24) is 25.3 Å². The SMILES string of the molecule is C=CCN(CC(=O)N1CCCN(c2ccc(-c3ccc(OC)c(OC)c3)nn2)CC1)C(=O)NCC.